The maximum Gasteiger partial charge on any atom is 0.243 e. The van der Waals surface area contributed by atoms with Crippen LogP contribution in [0.1, 0.15) is 18.9 Å². The number of rotatable bonds is 6. The topological polar surface area (TPSA) is 66.4 Å². The van der Waals surface area contributed by atoms with E-state index in [-0.39, 0.29) is 12.6 Å². The minimum Gasteiger partial charge on any atom is -0.384 e. The molecule has 0 spiro atoms. The van der Waals surface area contributed by atoms with E-state index in [2.05, 4.69) is 16.6 Å². The van der Waals surface area contributed by atoms with Gasteiger partial charge in [-0.3, -0.25) is 0 Å². The highest BCUT2D eigenvalue weighted by Crippen LogP contribution is 2.17. The van der Waals surface area contributed by atoms with Crippen molar-refractivity contribution < 1.29 is 17.9 Å². The molecular weight excluding hydrogens is 313 g/mol. The summed E-state index contributed by atoms with van der Waals surface area (Å²) in [4.78, 5) is -0.392. The van der Waals surface area contributed by atoms with E-state index >= 15 is 0 Å². The Balaban J connectivity index is 3.03. The summed E-state index contributed by atoms with van der Waals surface area (Å²) in [6.45, 7) is 1.53. The van der Waals surface area contributed by atoms with E-state index in [1.165, 1.54) is 23.9 Å². The van der Waals surface area contributed by atoms with Crippen molar-refractivity contribution >= 4 is 21.8 Å². The van der Waals surface area contributed by atoms with Gasteiger partial charge in [0.25, 0.3) is 0 Å². The number of aliphatic hydroxyl groups is 1. The average molecular weight is 331 g/mol. The van der Waals surface area contributed by atoms with Gasteiger partial charge in [-0.1, -0.05) is 18.8 Å². The van der Waals surface area contributed by atoms with Crippen molar-refractivity contribution in [1.82, 2.24) is 4.72 Å². The predicted octanol–water partition coefficient (Wildman–Crippen LogP) is 1.59. The monoisotopic (exact) mass is 331 g/mol. The second kappa shape index (κ2) is 8.39. The fraction of sp³-hybridized carbons (Fsp3) is 0.429. The first-order valence-electron chi connectivity index (χ1n) is 6.35. The highest BCUT2D eigenvalue weighted by atomic mass is 32.2. The first-order valence-corrected chi connectivity index (χ1v) is 9.22. The van der Waals surface area contributed by atoms with Crippen LogP contribution in [0, 0.1) is 17.7 Å². The quantitative estimate of drug-likeness (QED) is 0.777. The van der Waals surface area contributed by atoms with Gasteiger partial charge in [0.1, 0.15) is 17.3 Å². The van der Waals surface area contributed by atoms with Gasteiger partial charge in [-0.2, -0.15) is 11.8 Å². The molecule has 0 saturated heterocycles. The molecule has 21 heavy (non-hydrogen) atoms. The SMILES string of the molecule is CCC(CSC)NS(=O)(=O)c1ccc(C#CCO)cc1F. The van der Waals surface area contributed by atoms with Crippen LogP contribution >= 0.6 is 11.8 Å². The number of benzene rings is 1. The van der Waals surface area contributed by atoms with Crippen LogP contribution in [0.2, 0.25) is 0 Å². The Hall–Kier alpha value is -1.07. The average Bonchev–Trinajstić information content (AvgIpc) is 2.44. The lowest BCUT2D eigenvalue weighted by Gasteiger charge is -2.16. The molecule has 0 amide bonds. The van der Waals surface area contributed by atoms with Crippen LogP contribution in [0.25, 0.3) is 0 Å². The van der Waals surface area contributed by atoms with Gasteiger partial charge in [-0.05, 0) is 30.9 Å². The summed E-state index contributed by atoms with van der Waals surface area (Å²) in [6, 6.07) is 3.41. The molecule has 0 radical (unpaired) electrons. The third-order valence-electron chi connectivity index (χ3n) is 2.72. The summed E-state index contributed by atoms with van der Waals surface area (Å²) in [5.41, 5.74) is 0.316. The summed E-state index contributed by atoms with van der Waals surface area (Å²) in [7, 11) is -3.90. The molecule has 4 nitrogen and oxygen atoms in total. The standard InChI is InChI=1S/C14H18FNO3S2/c1-3-12(10-20-2)16-21(18,19)14-7-6-11(5-4-8-17)9-13(14)15/h6-7,9,12,16-17H,3,8,10H2,1-2H3. The number of sulfonamides is 1. The van der Waals surface area contributed by atoms with Crippen molar-refractivity contribution in [2.24, 2.45) is 0 Å². The molecule has 0 bridgehead atoms. The summed E-state index contributed by atoms with van der Waals surface area (Å²) in [5.74, 6) is 4.67. The molecule has 1 rings (SSSR count). The summed E-state index contributed by atoms with van der Waals surface area (Å²) in [6.07, 6.45) is 2.51. The van der Waals surface area contributed by atoms with Gasteiger partial charge in [0.15, 0.2) is 0 Å². The molecule has 1 aromatic carbocycles. The molecule has 0 aliphatic heterocycles. The second-order valence-corrected chi connectivity index (χ2v) is 6.88. The lowest BCUT2D eigenvalue weighted by atomic mass is 10.2. The first-order chi connectivity index (χ1) is 9.94. The largest absolute Gasteiger partial charge is 0.384 e. The van der Waals surface area contributed by atoms with E-state index < -0.39 is 20.7 Å². The third-order valence-corrected chi connectivity index (χ3v) is 5.01. The number of nitrogens with one attached hydrogen (secondary N) is 1. The van der Waals surface area contributed by atoms with Crippen molar-refractivity contribution in [2.75, 3.05) is 18.6 Å². The normalized spacial score (nSPS) is 12.6. The van der Waals surface area contributed by atoms with Crippen molar-refractivity contribution in [3.63, 3.8) is 0 Å². The van der Waals surface area contributed by atoms with Crippen molar-refractivity contribution in [1.29, 1.82) is 0 Å². The second-order valence-electron chi connectivity index (χ2n) is 4.29. The summed E-state index contributed by atoms with van der Waals surface area (Å²) in [5, 5.41) is 8.58. The molecule has 0 fully saturated rings. The molecule has 0 aromatic heterocycles. The molecule has 0 aliphatic carbocycles. The maximum absolute atomic E-state index is 14.0. The zero-order valence-electron chi connectivity index (χ0n) is 11.9. The van der Waals surface area contributed by atoms with Crippen molar-refractivity contribution in [3.8, 4) is 11.8 Å². The van der Waals surface area contributed by atoms with Crippen LogP contribution in [-0.4, -0.2) is 38.2 Å². The lowest BCUT2D eigenvalue weighted by molar-refractivity contribution is 0.350. The minimum absolute atomic E-state index is 0.238. The predicted molar refractivity (Wildman–Crippen MR) is 83.1 cm³/mol. The Labute approximate surface area is 129 Å². The van der Waals surface area contributed by atoms with Gasteiger partial charge < -0.3 is 5.11 Å². The minimum atomic E-state index is -3.90. The van der Waals surface area contributed by atoms with Gasteiger partial charge in [-0.25, -0.2) is 17.5 Å². The number of hydrogen-bond donors (Lipinski definition) is 2. The molecule has 1 unspecified atom stereocenters. The maximum atomic E-state index is 14.0. The third kappa shape index (κ3) is 5.32. The molecule has 1 aromatic rings. The van der Waals surface area contributed by atoms with Crippen molar-refractivity contribution in [2.45, 2.75) is 24.3 Å². The molecule has 2 N–H and O–H groups in total. The number of hydrogen-bond acceptors (Lipinski definition) is 4. The Morgan fingerprint density at radius 1 is 1.48 bits per heavy atom. The van der Waals surface area contributed by atoms with Crippen LogP contribution in [0.3, 0.4) is 0 Å². The Morgan fingerprint density at radius 2 is 2.19 bits per heavy atom. The van der Waals surface area contributed by atoms with E-state index in [1.807, 2.05) is 13.2 Å². The molecule has 0 saturated carbocycles. The van der Waals surface area contributed by atoms with Crippen LogP contribution < -0.4 is 4.72 Å². The van der Waals surface area contributed by atoms with Crippen LogP contribution in [-0.2, 0) is 10.0 Å². The Morgan fingerprint density at radius 3 is 2.71 bits per heavy atom. The lowest BCUT2D eigenvalue weighted by Crippen LogP contribution is -2.36. The van der Waals surface area contributed by atoms with E-state index in [0.717, 1.165) is 6.07 Å². The molecule has 116 valence electrons. The molecule has 7 heteroatoms. The van der Waals surface area contributed by atoms with Crippen molar-refractivity contribution in [3.05, 3.63) is 29.6 Å². The van der Waals surface area contributed by atoms with E-state index in [0.29, 0.717) is 17.7 Å². The van der Waals surface area contributed by atoms with Gasteiger partial charge >= 0.3 is 0 Å². The highest BCUT2D eigenvalue weighted by molar-refractivity contribution is 7.98. The van der Waals surface area contributed by atoms with E-state index in [1.54, 1.807) is 0 Å². The Kier molecular flexibility index (Phi) is 7.18. The highest BCUT2D eigenvalue weighted by Gasteiger charge is 2.22. The van der Waals surface area contributed by atoms with Crippen LogP contribution in [0.15, 0.2) is 23.1 Å². The van der Waals surface area contributed by atoms with Crippen LogP contribution in [0.5, 0.6) is 0 Å². The van der Waals surface area contributed by atoms with Crippen LogP contribution in [0.4, 0.5) is 4.39 Å². The smallest absolute Gasteiger partial charge is 0.243 e. The summed E-state index contributed by atoms with van der Waals surface area (Å²) < 4.78 is 40.8. The molecular formula is C14H18FNO3S2. The first kappa shape index (κ1) is 18.0. The fourth-order valence-electron chi connectivity index (χ4n) is 1.66. The van der Waals surface area contributed by atoms with Gasteiger partial charge in [0.05, 0.1) is 0 Å². The van der Waals surface area contributed by atoms with Gasteiger partial charge in [0.2, 0.25) is 10.0 Å². The molecule has 0 aliphatic rings. The van der Waals surface area contributed by atoms with E-state index in [9.17, 15) is 12.8 Å². The summed E-state index contributed by atoms with van der Waals surface area (Å²) >= 11 is 1.52. The number of thioether (sulfide) groups is 1. The van der Waals surface area contributed by atoms with E-state index in [4.69, 9.17) is 5.11 Å². The Bertz CT molecular complexity index is 635. The molecule has 1 atom stereocenters. The van der Waals surface area contributed by atoms with Gasteiger partial charge in [-0.15, -0.1) is 0 Å². The molecule has 0 heterocycles. The number of halogens is 1. The zero-order chi connectivity index (χ0) is 15.9. The zero-order valence-corrected chi connectivity index (χ0v) is 13.5. The fourth-order valence-corrected chi connectivity index (χ4v) is 3.86. The number of aliphatic hydroxyl groups excluding tert-OH is 1. The van der Waals surface area contributed by atoms with Gasteiger partial charge in [0, 0.05) is 17.4 Å².